The molecule has 0 bridgehead atoms. The van der Waals surface area contributed by atoms with Gasteiger partial charge in [0, 0.05) is 0 Å². The van der Waals surface area contributed by atoms with E-state index in [0.29, 0.717) is 4.91 Å². The SMILES string of the molecule is Cc1ccccc1C=C1SC(=S)N(C(C)C(=O)O)C1=O. The second kappa shape index (κ2) is 5.76. The maximum atomic E-state index is 12.3. The number of thioether (sulfide) groups is 1. The van der Waals surface area contributed by atoms with E-state index in [0.717, 1.165) is 27.8 Å². The predicted molar refractivity (Wildman–Crippen MR) is 83.3 cm³/mol. The molecule has 0 saturated carbocycles. The lowest BCUT2D eigenvalue weighted by molar-refractivity contribution is -0.144. The van der Waals surface area contributed by atoms with Crippen molar-refractivity contribution in [3.63, 3.8) is 0 Å². The van der Waals surface area contributed by atoms with Gasteiger partial charge in [-0.3, -0.25) is 9.69 Å². The van der Waals surface area contributed by atoms with Crippen LogP contribution in [0.15, 0.2) is 29.2 Å². The van der Waals surface area contributed by atoms with Gasteiger partial charge in [0.2, 0.25) is 0 Å². The molecule has 1 unspecified atom stereocenters. The molecule has 2 rings (SSSR count). The fourth-order valence-corrected chi connectivity index (χ4v) is 3.22. The molecule has 20 heavy (non-hydrogen) atoms. The van der Waals surface area contributed by atoms with E-state index in [4.69, 9.17) is 17.3 Å². The Kier molecular flexibility index (Phi) is 4.25. The smallest absolute Gasteiger partial charge is 0.326 e. The summed E-state index contributed by atoms with van der Waals surface area (Å²) in [5, 5.41) is 9.02. The molecule has 1 saturated heterocycles. The standard InChI is InChI=1S/C14H13NO3S2/c1-8-5-3-4-6-10(8)7-11-12(16)15(14(19)20-11)9(2)13(17)18/h3-7,9H,1-2H3,(H,17,18). The maximum absolute atomic E-state index is 12.3. The third-order valence-corrected chi connectivity index (χ3v) is 4.37. The summed E-state index contributed by atoms with van der Waals surface area (Å²) < 4.78 is 0.282. The molecule has 1 aromatic rings. The number of hydrogen-bond acceptors (Lipinski definition) is 4. The summed E-state index contributed by atoms with van der Waals surface area (Å²) in [6, 6.07) is 6.71. The normalized spacial score (nSPS) is 18.7. The number of amides is 1. The lowest BCUT2D eigenvalue weighted by Crippen LogP contribution is -2.41. The molecule has 1 N–H and O–H groups in total. The summed E-state index contributed by atoms with van der Waals surface area (Å²) in [4.78, 5) is 24.9. The second-order valence-electron chi connectivity index (χ2n) is 4.42. The van der Waals surface area contributed by atoms with Crippen LogP contribution in [-0.4, -0.2) is 32.2 Å². The van der Waals surface area contributed by atoms with Crippen LogP contribution >= 0.6 is 24.0 Å². The largest absolute Gasteiger partial charge is 0.480 e. The first kappa shape index (κ1) is 14.7. The van der Waals surface area contributed by atoms with Gasteiger partial charge in [-0.25, -0.2) is 4.79 Å². The minimum Gasteiger partial charge on any atom is -0.480 e. The zero-order valence-corrected chi connectivity index (χ0v) is 12.6. The van der Waals surface area contributed by atoms with Gasteiger partial charge in [0.25, 0.3) is 5.91 Å². The van der Waals surface area contributed by atoms with Crippen molar-refractivity contribution in [3.05, 3.63) is 40.3 Å². The van der Waals surface area contributed by atoms with Crippen LogP contribution < -0.4 is 0 Å². The van der Waals surface area contributed by atoms with Crippen molar-refractivity contribution in [2.45, 2.75) is 19.9 Å². The summed E-state index contributed by atoms with van der Waals surface area (Å²) in [6.07, 6.45) is 1.75. The molecule has 1 amide bonds. The van der Waals surface area contributed by atoms with E-state index in [9.17, 15) is 9.59 Å². The van der Waals surface area contributed by atoms with E-state index >= 15 is 0 Å². The molecule has 1 aromatic carbocycles. The topological polar surface area (TPSA) is 57.6 Å². The fourth-order valence-electron chi connectivity index (χ4n) is 1.81. The van der Waals surface area contributed by atoms with Crippen molar-refractivity contribution >= 4 is 46.3 Å². The van der Waals surface area contributed by atoms with Crippen LogP contribution in [0.2, 0.25) is 0 Å². The Hall–Kier alpha value is -1.66. The summed E-state index contributed by atoms with van der Waals surface area (Å²) in [6.45, 7) is 3.40. The number of aliphatic carboxylic acids is 1. The highest BCUT2D eigenvalue weighted by Crippen LogP contribution is 2.34. The van der Waals surface area contributed by atoms with Crippen LogP contribution in [0.25, 0.3) is 6.08 Å². The minimum atomic E-state index is -1.07. The Morgan fingerprint density at radius 1 is 1.45 bits per heavy atom. The number of carbonyl (C=O) groups is 2. The van der Waals surface area contributed by atoms with Crippen LogP contribution in [-0.2, 0) is 9.59 Å². The first-order chi connectivity index (χ1) is 9.41. The molecule has 0 aliphatic carbocycles. The Balaban J connectivity index is 2.33. The molecule has 1 heterocycles. The van der Waals surface area contributed by atoms with Crippen LogP contribution in [0, 0.1) is 6.92 Å². The Bertz CT molecular complexity index is 625. The molecule has 104 valence electrons. The summed E-state index contributed by atoms with van der Waals surface area (Å²) in [5.41, 5.74) is 1.97. The van der Waals surface area contributed by atoms with Gasteiger partial charge in [-0.1, -0.05) is 48.2 Å². The first-order valence-corrected chi connectivity index (χ1v) is 7.20. The van der Waals surface area contributed by atoms with E-state index in [1.54, 1.807) is 6.08 Å². The average Bonchev–Trinajstić information content (AvgIpc) is 2.66. The number of carboxylic acids is 1. The number of carbonyl (C=O) groups excluding carboxylic acids is 1. The highest BCUT2D eigenvalue weighted by Gasteiger charge is 2.38. The third kappa shape index (κ3) is 2.76. The van der Waals surface area contributed by atoms with Gasteiger partial charge in [-0.2, -0.15) is 0 Å². The van der Waals surface area contributed by atoms with Crippen LogP contribution in [0.3, 0.4) is 0 Å². The van der Waals surface area contributed by atoms with Crippen molar-refractivity contribution in [1.29, 1.82) is 0 Å². The minimum absolute atomic E-state index is 0.282. The van der Waals surface area contributed by atoms with Crippen molar-refractivity contribution in [2.24, 2.45) is 0 Å². The highest BCUT2D eigenvalue weighted by atomic mass is 32.2. The van der Waals surface area contributed by atoms with E-state index < -0.39 is 12.0 Å². The van der Waals surface area contributed by atoms with E-state index in [1.807, 2.05) is 31.2 Å². The number of rotatable bonds is 3. The van der Waals surface area contributed by atoms with E-state index in [1.165, 1.54) is 6.92 Å². The molecule has 0 aromatic heterocycles. The molecule has 1 atom stereocenters. The van der Waals surface area contributed by atoms with Crippen LogP contribution in [0.5, 0.6) is 0 Å². The monoisotopic (exact) mass is 307 g/mol. The van der Waals surface area contributed by atoms with Crippen molar-refractivity contribution in [1.82, 2.24) is 4.90 Å². The summed E-state index contributed by atoms with van der Waals surface area (Å²) in [7, 11) is 0. The van der Waals surface area contributed by atoms with Gasteiger partial charge in [-0.15, -0.1) is 0 Å². The highest BCUT2D eigenvalue weighted by molar-refractivity contribution is 8.26. The van der Waals surface area contributed by atoms with E-state index in [-0.39, 0.29) is 10.2 Å². The molecular formula is C14H13NO3S2. The van der Waals surface area contributed by atoms with Crippen molar-refractivity contribution in [2.75, 3.05) is 0 Å². The fraction of sp³-hybridized carbons (Fsp3) is 0.214. The zero-order chi connectivity index (χ0) is 14.9. The van der Waals surface area contributed by atoms with Crippen molar-refractivity contribution < 1.29 is 14.7 Å². The second-order valence-corrected chi connectivity index (χ2v) is 6.10. The van der Waals surface area contributed by atoms with Gasteiger partial charge in [0.1, 0.15) is 10.4 Å². The van der Waals surface area contributed by atoms with Gasteiger partial charge in [-0.05, 0) is 31.1 Å². The molecule has 6 heteroatoms. The number of nitrogens with zero attached hydrogens (tertiary/aromatic N) is 1. The Morgan fingerprint density at radius 3 is 2.70 bits per heavy atom. The van der Waals surface area contributed by atoms with Crippen molar-refractivity contribution in [3.8, 4) is 0 Å². The molecule has 4 nitrogen and oxygen atoms in total. The molecule has 1 aliphatic rings. The average molecular weight is 307 g/mol. The van der Waals surface area contributed by atoms with Gasteiger partial charge < -0.3 is 5.11 Å². The molecule has 0 spiro atoms. The Morgan fingerprint density at radius 2 is 2.10 bits per heavy atom. The number of thiocarbonyl (C=S) groups is 1. The predicted octanol–water partition coefficient (Wildman–Crippen LogP) is 2.67. The number of aryl methyl sites for hydroxylation is 1. The van der Waals surface area contributed by atoms with Gasteiger partial charge >= 0.3 is 5.97 Å². The molecule has 1 aliphatic heterocycles. The number of hydrogen-bond donors (Lipinski definition) is 1. The zero-order valence-electron chi connectivity index (χ0n) is 11.0. The molecule has 0 radical (unpaired) electrons. The third-order valence-electron chi connectivity index (χ3n) is 3.04. The lowest BCUT2D eigenvalue weighted by atomic mass is 10.1. The van der Waals surface area contributed by atoms with Gasteiger partial charge in [0.15, 0.2) is 0 Å². The van der Waals surface area contributed by atoms with Crippen LogP contribution in [0.4, 0.5) is 0 Å². The number of benzene rings is 1. The molecule has 1 fully saturated rings. The first-order valence-electron chi connectivity index (χ1n) is 5.97. The Labute approximate surface area is 126 Å². The summed E-state index contributed by atoms with van der Waals surface area (Å²) >= 11 is 6.24. The lowest BCUT2D eigenvalue weighted by Gasteiger charge is -2.18. The van der Waals surface area contributed by atoms with E-state index in [2.05, 4.69) is 0 Å². The van der Waals surface area contributed by atoms with Gasteiger partial charge in [0.05, 0.1) is 4.91 Å². The quantitative estimate of drug-likeness (QED) is 0.687. The number of carboxylic acid groups (broad SMARTS) is 1. The van der Waals surface area contributed by atoms with Crippen LogP contribution in [0.1, 0.15) is 18.1 Å². The summed E-state index contributed by atoms with van der Waals surface area (Å²) in [5.74, 6) is -1.42. The maximum Gasteiger partial charge on any atom is 0.326 e. The molecular weight excluding hydrogens is 294 g/mol.